The van der Waals surface area contributed by atoms with Gasteiger partial charge < -0.3 is 5.32 Å². The minimum absolute atomic E-state index is 0.0331. The number of carbonyl (C=O) groups excluding carboxylic acids is 1. The monoisotopic (exact) mass is 481 g/mol. The van der Waals surface area contributed by atoms with Crippen molar-refractivity contribution < 1.29 is 4.79 Å². The van der Waals surface area contributed by atoms with E-state index in [0.717, 1.165) is 46.5 Å². The molecule has 0 bridgehead atoms. The first kappa shape index (κ1) is 21.4. The predicted octanol–water partition coefficient (Wildman–Crippen LogP) is 5.18. The van der Waals surface area contributed by atoms with Crippen molar-refractivity contribution in [2.24, 2.45) is 0 Å². The maximum absolute atomic E-state index is 13.7. The van der Waals surface area contributed by atoms with Crippen molar-refractivity contribution in [2.45, 2.75) is 49.6 Å². The van der Waals surface area contributed by atoms with Crippen LogP contribution in [0.4, 0.5) is 0 Å². The van der Waals surface area contributed by atoms with Gasteiger partial charge in [0.05, 0.1) is 22.9 Å². The van der Waals surface area contributed by atoms with E-state index in [1.807, 2.05) is 54.8 Å². The van der Waals surface area contributed by atoms with Crippen molar-refractivity contribution in [3.8, 4) is 5.69 Å². The largest absolute Gasteiger partial charge is 0.350 e. The smallest absolute Gasteiger partial charge is 0.267 e. The summed E-state index contributed by atoms with van der Waals surface area (Å²) >= 11 is 4.59. The lowest BCUT2D eigenvalue weighted by molar-refractivity contribution is -0.120. The van der Waals surface area contributed by atoms with Crippen LogP contribution >= 0.6 is 34.4 Å². The van der Waals surface area contributed by atoms with Crippen LogP contribution in [0.15, 0.2) is 57.8 Å². The van der Waals surface area contributed by atoms with Gasteiger partial charge in [0.2, 0.25) is 5.91 Å². The van der Waals surface area contributed by atoms with Crippen molar-refractivity contribution in [3.63, 3.8) is 0 Å². The highest BCUT2D eigenvalue weighted by atomic mass is 32.2. The van der Waals surface area contributed by atoms with Gasteiger partial charge in [-0.2, -0.15) is 0 Å². The predicted molar refractivity (Wildman–Crippen MR) is 133 cm³/mol. The van der Waals surface area contributed by atoms with E-state index in [1.54, 1.807) is 27.2 Å². The van der Waals surface area contributed by atoms with Gasteiger partial charge in [-0.1, -0.05) is 36.0 Å². The molecule has 1 atom stereocenters. The van der Waals surface area contributed by atoms with Crippen LogP contribution in [0.5, 0.6) is 0 Å². The normalized spacial score (nSPS) is 14.3. The molecule has 164 valence electrons. The molecule has 1 N–H and O–H groups in total. The Labute approximate surface area is 198 Å². The Balaban J connectivity index is 1.52. The molecule has 32 heavy (non-hydrogen) atoms. The van der Waals surface area contributed by atoms with Gasteiger partial charge in [0.25, 0.3) is 5.56 Å². The van der Waals surface area contributed by atoms with Gasteiger partial charge in [0.1, 0.15) is 4.83 Å². The van der Waals surface area contributed by atoms with Crippen molar-refractivity contribution >= 4 is 50.6 Å². The molecule has 8 heteroatoms. The Bertz CT molecular complexity index is 1310. The SMILES string of the molecule is CC(Sc1nc2sc3c(c2c(=O)n1-c1ccccc1)CCCC3)C(=O)NCc1cccs1. The molecule has 1 aliphatic rings. The third-order valence-corrected chi connectivity index (χ3v) is 8.76. The third-order valence-electron chi connectivity index (χ3n) is 5.64. The van der Waals surface area contributed by atoms with E-state index >= 15 is 0 Å². The summed E-state index contributed by atoms with van der Waals surface area (Å²) in [6, 6.07) is 13.6. The van der Waals surface area contributed by atoms with E-state index in [0.29, 0.717) is 11.7 Å². The van der Waals surface area contributed by atoms with Crippen molar-refractivity contribution in [2.75, 3.05) is 0 Å². The van der Waals surface area contributed by atoms with Crippen LogP contribution in [0.25, 0.3) is 15.9 Å². The molecular weight excluding hydrogens is 458 g/mol. The van der Waals surface area contributed by atoms with Crippen LogP contribution in [-0.4, -0.2) is 20.7 Å². The number of fused-ring (bicyclic) bond motifs is 3. The number of aryl methyl sites for hydroxylation is 2. The lowest BCUT2D eigenvalue weighted by atomic mass is 9.97. The summed E-state index contributed by atoms with van der Waals surface area (Å²) in [5.41, 5.74) is 1.92. The van der Waals surface area contributed by atoms with Crippen LogP contribution in [0.3, 0.4) is 0 Å². The second-order valence-electron chi connectivity index (χ2n) is 7.82. The van der Waals surface area contributed by atoms with Gasteiger partial charge >= 0.3 is 0 Å². The van der Waals surface area contributed by atoms with Gasteiger partial charge in [0.15, 0.2) is 5.16 Å². The first-order valence-corrected chi connectivity index (χ1v) is 13.3. The number of rotatable bonds is 6. The Kier molecular flexibility index (Phi) is 6.17. The number of para-hydroxylation sites is 1. The zero-order chi connectivity index (χ0) is 22.1. The van der Waals surface area contributed by atoms with Crippen LogP contribution in [-0.2, 0) is 24.2 Å². The maximum Gasteiger partial charge on any atom is 0.267 e. The number of hydrogen-bond acceptors (Lipinski definition) is 6. The summed E-state index contributed by atoms with van der Waals surface area (Å²) in [5.74, 6) is -0.0668. The van der Waals surface area contributed by atoms with E-state index in [1.165, 1.54) is 22.2 Å². The number of nitrogens with one attached hydrogen (secondary N) is 1. The molecule has 5 nitrogen and oxygen atoms in total. The molecule has 0 saturated carbocycles. The molecule has 0 radical (unpaired) electrons. The lowest BCUT2D eigenvalue weighted by Gasteiger charge is -2.16. The fraction of sp³-hybridized carbons (Fsp3) is 0.292. The first-order valence-electron chi connectivity index (χ1n) is 10.7. The molecule has 1 amide bonds. The van der Waals surface area contributed by atoms with Crippen molar-refractivity contribution in [3.05, 3.63) is 73.5 Å². The Hall–Kier alpha value is -2.42. The van der Waals surface area contributed by atoms with Crippen LogP contribution < -0.4 is 10.9 Å². The first-order chi connectivity index (χ1) is 15.6. The molecule has 4 aromatic rings. The van der Waals surface area contributed by atoms with E-state index < -0.39 is 0 Å². The van der Waals surface area contributed by atoms with Crippen LogP contribution in [0, 0.1) is 0 Å². The summed E-state index contributed by atoms with van der Waals surface area (Å²) in [6.07, 6.45) is 4.23. The zero-order valence-electron chi connectivity index (χ0n) is 17.7. The number of benzene rings is 1. The van der Waals surface area contributed by atoms with Crippen LogP contribution in [0.2, 0.25) is 0 Å². The number of carbonyl (C=O) groups is 1. The number of hydrogen-bond donors (Lipinski definition) is 1. The lowest BCUT2D eigenvalue weighted by Crippen LogP contribution is -2.31. The molecule has 0 saturated heterocycles. The average molecular weight is 482 g/mol. The Morgan fingerprint density at radius 1 is 1.19 bits per heavy atom. The van der Waals surface area contributed by atoms with Gasteiger partial charge in [0, 0.05) is 9.75 Å². The highest BCUT2D eigenvalue weighted by molar-refractivity contribution is 8.00. The van der Waals surface area contributed by atoms with Gasteiger partial charge in [-0.15, -0.1) is 22.7 Å². The molecule has 1 unspecified atom stereocenters. The van der Waals surface area contributed by atoms with E-state index in [9.17, 15) is 9.59 Å². The number of nitrogens with zero attached hydrogens (tertiary/aromatic N) is 2. The summed E-state index contributed by atoms with van der Waals surface area (Å²) in [7, 11) is 0. The molecule has 1 aliphatic carbocycles. The Morgan fingerprint density at radius 2 is 2.00 bits per heavy atom. The van der Waals surface area contributed by atoms with E-state index in [4.69, 9.17) is 4.98 Å². The highest BCUT2D eigenvalue weighted by Gasteiger charge is 2.25. The van der Waals surface area contributed by atoms with Crippen molar-refractivity contribution in [1.82, 2.24) is 14.9 Å². The number of thiophene rings is 2. The fourth-order valence-corrected chi connectivity index (χ4v) is 6.91. The van der Waals surface area contributed by atoms with Gasteiger partial charge in [-0.25, -0.2) is 4.98 Å². The molecule has 3 aromatic heterocycles. The van der Waals surface area contributed by atoms with E-state index in [-0.39, 0.29) is 16.7 Å². The molecule has 0 spiro atoms. The number of amides is 1. The number of thioether (sulfide) groups is 1. The van der Waals surface area contributed by atoms with Crippen molar-refractivity contribution in [1.29, 1.82) is 0 Å². The van der Waals surface area contributed by atoms with Gasteiger partial charge in [-0.3, -0.25) is 14.2 Å². The highest BCUT2D eigenvalue weighted by Crippen LogP contribution is 2.35. The quantitative estimate of drug-likeness (QED) is 0.304. The topological polar surface area (TPSA) is 64.0 Å². The minimum atomic E-state index is -0.385. The third kappa shape index (κ3) is 4.14. The Morgan fingerprint density at radius 3 is 2.78 bits per heavy atom. The molecule has 3 heterocycles. The summed E-state index contributed by atoms with van der Waals surface area (Å²) in [4.78, 5) is 34.6. The average Bonchev–Trinajstić information content (AvgIpc) is 3.45. The summed E-state index contributed by atoms with van der Waals surface area (Å²) < 4.78 is 1.68. The second kappa shape index (κ2) is 9.21. The second-order valence-corrected chi connectivity index (χ2v) is 11.2. The minimum Gasteiger partial charge on any atom is -0.350 e. The molecular formula is C24H23N3O2S3. The zero-order valence-corrected chi connectivity index (χ0v) is 20.1. The maximum atomic E-state index is 13.7. The molecule has 1 aromatic carbocycles. The molecule has 5 rings (SSSR count). The number of aromatic nitrogens is 2. The molecule has 0 aliphatic heterocycles. The van der Waals surface area contributed by atoms with Gasteiger partial charge in [-0.05, 0) is 61.7 Å². The molecule has 0 fully saturated rings. The van der Waals surface area contributed by atoms with E-state index in [2.05, 4.69) is 5.32 Å². The summed E-state index contributed by atoms with van der Waals surface area (Å²) in [6.45, 7) is 2.37. The standard InChI is InChI=1S/C24H23N3O2S3/c1-15(21(28)25-14-17-10-7-13-30-17)31-24-26-22-20(18-11-5-6-12-19(18)32-22)23(29)27(24)16-8-3-2-4-9-16/h2-4,7-10,13,15H,5-6,11-12,14H2,1H3,(H,25,28). The fourth-order valence-electron chi connectivity index (χ4n) is 4.01. The van der Waals surface area contributed by atoms with Crippen LogP contribution in [0.1, 0.15) is 35.1 Å². The summed E-state index contributed by atoms with van der Waals surface area (Å²) in [5, 5.41) is 5.92.